The summed E-state index contributed by atoms with van der Waals surface area (Å²) in [7, 11) is 0. The smallest absolute Gasteiger partial charge is 0.255 e. The largest absolute Gasteiger partial charge is 0.483 e. The van der Waals surface area contributed by atoms with Crippen molar-refractivity contribution in [3.8, 4) is 5.75 Å². The molecule has 1 aliphatic rings. The van der Waals surface area contributed by atoms with Gasteiger partial charge in [0.2, 0.25) is 0 Å². The Labute approximate surface area is 152 Å². The van der Waals surface area contributed by atoms with E-state index in [1.807, 2.05) is 24.3 Å². The highest BCUT2D eigenvalue weighted by molar-refractivity contribution is 7.07. The number of para-hydroxylation sites is 1. The fraction of sp³-hybridized carbons (Fsp3) is 0.421. The molecule has 0 aliphatic carbocycles. The van der Waals surface area contributed by atoms with E-state index in [0.29, 0.717) is 5.75 Å². The second-order valence-corrected chi connectivity index (χ2v) is 7.08. The molecule has 0 spiro atoms. The van der Waals surface area contributed by atoms with Gasteiger partial charge >= 0.3 is 0 Å². The third-order valence-electron chi connectivity index (χ3n) is 4.21. The number of carbonyl (C=O) groups excluding carboxylic acids is 1. The molecular formula is C19H24N2O3S. The van der Waals surface area contributed by atoms with Gasteiger partial charge in [-0.3, -0.25) is 9.69 Å². The molecule has 1 aromatic carbocycles. The first kappa shape index (κ1) is 17.9. The molecule has 1 saturated heterocycles. The van der Waals surface area contributed by atoms with Gasteiger partial charge in [0.25, 0.3) is 5.91 Å². The lowest BCUT2D eigenvalue weighted by atomic mass is 10.1. The molecule has 1 amide bonds. The minimum atomic E-state index is -0.468. The van der Waals surface area contributed by atoms with Gasteiger partial charge in [-0.2, -0.15) is 11.3 Å². The first-order chi connectivity index (χ1) is 12.2. The van der Waals surface area contributed by atoms with E-state index >= 15 is 0 Å². The maximum absolute atomic E-state index is 11.0. The van der Waals surface area contributed by atoms with Crippen LogP contribution in [0.3, 0.4) is 0 Å². The second-order valence-electron chi connectivity index (χ2n) is 6.30. The zero-order valence-electron chi connectivity index (χ0n) is 14.2. The monoisotopic (exact) mass is 360 g/mol. The molecule has 0 radical (unpaired) electrons. The summed E-state index contributed by atoms with van der Waals surface area (Å²) in [6.45, 7) is 3.25. The van der Waals surface area contributed by atoms with Crippen LogP contribution in [0.1, 0.15) is 24.0 Å². The van der Waals surface area contributed by atoms with E-state index in [0.717, 1.165) is 44.6 Å². The molecule has 0 bridgehead atoms. The van der Waals surface area contributed by atoms with Crippen LogP contribution in [0.2, 0.25) is 0 Å². The predicted molar refractivity (Wildman–Crippen MR) is 98.5 cm³/mol. The Balaban J connectivity index is 1.71. The van der Waals surface area contributed by atoms with Gasteiger partial charge in [0.1, 0.15) is 5.75 Å². The van der Waals surface area contributed by atoms with Crippen molar-refractivity contribution in [2.45, 2.75) is 32.0 Å². The van der Waals surface area contributed by atoms with Gasteiger partial charge < -0.3 is 15.2 Å². The Hall–Kier alpha value is -1.89. The zero-order valence-corrected chi connectivity index (χ0v) is 15.0. The van der Waals surface area contributed by atoms with Gasteiger partial charge in [-0.15, -0.1) is 0 Å². The summed E-state index contributed by atoms with van der Waals surface area (Å²) < 4.78 is 11.4. The molecule has 3 rings (SSSR count). The van der Waals surface area contributed by atoms with Crippen LogP contribution in [0.15, 0.2) is 41.1 Å². The Bertz CT molecular complexity index is 669. The molecule has 25 heavy (non-hydrogen) atoms. The molecule has 2 N–H and O–H groups in total. The summed E-state index contributed by atoms with van der Waals surface area (Å²) >= 11 is 1.71. The van der Waals surface area contributed by atoms with Crippen molar-refractivity contribution in [1.29, 1.82) is 0 Å². The standard InChI is InChI=1S/C19H24N2O3S/c20-19(22)13-24-18-6-2-1-4-16(18)11-21(10-15-7-9-25-14-15)12-17-5-3-8-23-17/h1-2,4,6-7,9,14,17H,3,5,8,10-13H2,(H2,20,22)/t17-/m1/s1. The summed E-state index contributed by atoms with van der Waals surface area (Å²) in [6, 6.07) is 9.96. The van der Waals surface area contributed by atoms with Crippen molar-refractivity contribution in [3.63, 3.8) is 0 Å². The van der Waals surface area contributed by atoms with Crippen LogP contribution < -0.4 is 10.5 Å². The second kappa shape index (κ2) is 8.99. The number of hydrogen-bond donors (Lipinski definition) is 1. The molecule has 2 heterocycles. The number of ether oxygens (including phenoxy) is 2. The number of thiophene rings is 1. The Morgan fingerprint density at radius 3 is 2.92 bits per heavy atom. The molecule has 6 heteroatoms. The SMILES string of the molecule is NC(=O)COc1ccccc1CN(Cc1ccsc1)C[C@H]1CCCO1. The van der Waals surface area contributed by atoms with Crippen LogP contribution in [0.4, 0.5) is 0 Å². The van der Waals surface area contributed by atoms with E-state index in [9.17, 15) is 4.79 Å². The molecule has 5 nitrogen and oxygen atoms in total. The summed E-state index contributed by atoms with van der Waals surface area (Å²) in [4.78, 5) is 13.4. The fourth-order valence-electron chi connectivity index (χ4n) is 3.07. The lowest BCUT2D eigenvalue weighted by Gasteiger charge is -2.26. The third kappa shape index (κ3) is 5.56. The average Bonchev–Trinajstić information content (AvgIpc) is 3.28. The summed E-state index contributed by atoms with van der Waals surface area (Å²) in [6.07, 6.45) is 2.53. The van der Waals surface area contributed by atoms with Gasteiger partial charge in [-0.25, -0.2) is 0 Å². The molecule has 1 aromatic heterocycles. The molecule has 2 aromatic rings. The van der Waals surface area contributed by atoms with Crippen molar-refractivity contribution >= 4 is 17.2 Å². The van der Waals surface area contributed by atoms with E-state index in [1.165, 1.54) is 5.56 Å². The summed E-state index contributed by atoms with van der Waals surface area (Å²) in [5.41, 5.74) is 7.56. The average molecular weight is 360 g/mol. The normalized spacial score (nSPS) is 17.1. The number of carbonyl (C=O) groups is 1. The quantitative estimate of drug-likeness (QED) is 0.747. The van der Waals surface area contributed by atoms with E-state index in [-0.39, 0.29) is 12.7 Å². The predicted octanol–water partition coefficient (Wildman–Crippen LogP) is 2.79. The van der Waals surface area contributed by atoms with Crippen LogP contribution in [0, 0.1) is 0 Å². The summed E-state index contributed by atoms with van der Waals surface area (Å²) in [5.74, 6) is 0.244. The minimum absolute atomic E-state index is 0.104. The van der Waals surface area contributed by atoms with E-state index in [1.54, 1.807) is 11.3 Å². The highest BCUT2D eigenvalue weighted by Crippen LogP contribution is 2.23. The number of nitrogens with zero attached hydrogens (tertiary/aromatic N) is 1. The Kier molecular flexibility index (Phi) is 6.44. The maximum Gasteiger partial charge on any atom is 0.255 e. The molecule has 0 unspecified atom stereocenters. The number of hydrogen-bond acceptors (Lipinski definition) is 5. The van der Waals surface area contributed by atoms with Crippen molar-refractivity contribution < 1.29 is 14.3 Å². The first-order valence-corrected chi connectivity index (χ1v) is 9.49. The molecule has 1 aliphatic heterocycles. The number of amides is 1. The number of primary amides is 1. The van der Waals surface area contributed by atoms with Gasteiger partial charge in [0, 0.05) is 31.8 Å². The fourth-order valence-corrected chi connectivity index (χ4v) is 3.73. The Morgan fingerprint density at radius 1 is 1.32 bits per heavy atom. The highest BCUT2D eigenvalue weighted by Gasteiger charge is 2.20. The lowest BCUT2D eigenvalue weighted by Crippen LogP contribution is -2.31. The van der Waals surface area contributed by atoms with Crippen molar-refractivity contribution in [3.05, 3.63) is 52.2 Å². The van der Waals surface area contributed by atoms with Crippen molar-refractivity contribution in [2.75, 3.05) is 19.8 Å². The van der Waals surface area contributed by atoms with Gasteiger partial charge in [0.15, 0.2) is 6.61 Å². The molecule has 1 atom stereocenters. The molecule has 1 fully saturated rings. The summed E-state index contributed by atoms with van der Waals surface area (Å²) in [5, 5.41) is 4.28. The molecular weight excluding hydrogens is 336 g/mol. The first-order valence-electron chi connectivity index (χ1n) is 8.55. The lowest BCUT2D eigenvalue weighted by molar-refractivity contribution is -0.119. The van der Waals surface area contributed by atoms with E-state index < -0.39 is 5.91 Å². The Morgan fingerprint density at radius 2 is 2.20 bits per heavy atom. The third-order valence-corrected chi connectivity index (χ3v) is 4.94. The van der Waals surface area contributed by atoms with E-state index in [4.69, 9.17) is 15.2 Å². The van der Waals surface area contributed by atoms with Crippen LogP contribution in [-0.4, -0.2) is 36.7 Å². The van der Waals surface area contributed by atoms with E-state index in [2.05, 4.69) is 21.7 Å². The van der Waals surface area contributed by atoms with Crippen LogP contribution in [0.5, 0.6) is 5.75 Å². The number of nitrogens with two attached hydrogens (primary N) is 1. The maximum atomic E-state index is 11.0. The van der Waals surface area contributed by atoms with Gasteiger partial charge in [-0.05, 0) is 41.3 Å². The molecule has 0 saturated carbocycles. The topological polar surface area (TPSA) is 64.8 Å². The van der Waals surface area contributed by atoms with Crippen LogP contribution >= 0.6 is 11.3 Å². The minimum Gasteiger partial charge on any atom is -0.483 e. The van der Waals surface area contributed by atoms with Gasteiger partial charge in [0.05, 0.1) is 6.10 Å². The molecule has 134 valence electrons. The number of rotatable bonds is 9. The van der Waals surface area contributed by atoms with Crippen molar-refractivity contribution in [2.24, 2.45) is 5.73 Å². The zero-order chi connectivity index (χ0) is 17.5. The van der Waals surface area contributed by atoms with Gasteiger partial charge in [-0.1, -0.05) is 18.2 Å². The number of benzene rings is 1. The van der Waals surface area contributed by atoms with Crippen molar-refractivity contribution in [1.82, 2.24) is 4.90 Å². The van der Waals surface area contributed by atoms with Crippen LogP contribution in [-0.2, 0) is 22.6 Å². The van der Waals surface area contributed by atoms with Crippen LogP contribution in [0.25, 0.3) is 0 Å². The highest BCUT2D eigenvalue weighted by atomic mass is 32.1.